The van der Waals surface area contributed by atoms with Gasteiger partial charge in [-0.05, 0) is 36.4 Å². The van der Waals surface area contributed by atoms with Gasteiger partial charge in [0.15, 0.2) is 5.75 Å². The molecule has 1 N–H and O–H groups in total. The molecule has 1 atom stereocenters. The number of amides is 1. The molecule has 1 amide bonds. The Kier molecular flexibility index (Phi) is 5.16. The third-order valence-corrected chi connectivity index (χ3v) is 4.83. The van der Waals surface area contributed by atoms with Crippen LogP contribution < -0.4 is 9.47 Å². The Morgan fingerprint density at radius 3 is 2.79 bits per heavy atom. The highest BCUT2D eigenvalue weighted by atomic mass is 16.5. The molecule has 29 heavy (non-hydrogen) atoms. The summed E-state index contributed by atoms with van der Waals surface area (Å²) in [6, 6.07) is 16.7. The van der Waals surface area contributed by atoms with Crippen molar-refractivity contribution in [3.8, 4) is 34.6 Å². The van der Waals surface area contributed by atoms with Gasteiger partial charge < -0.3 is 14.4 Å². The predicted molar refractivity (Wildman–Crippen MR) is 107 cm³/mol. The van der Waals surface area contributed by atoms with Gasteiger partial charge in [0.05, 0.1) is 24.4 Å². The number of likely N-dealkylation sites (tertiary alicyclic amines) is 1. The number of carbonyl (C=O) groups is 1. The molecule has 3 aromatic rings. The summed E-state index contributed by atoms with van der Waals surface area (Å²) in [5, 5.41) is 16.0. The lowest BCUT2D eigenvalue weighted by Crippen LogP contribution is -2.28. The number of rotatable bonds is 5. The normalized spacial score (nSPS) is 15.7. The van der Waals surface area contributed by atoms with Gasteiger partial charge in [0, 0.05) is 25.5 Å². The Morgan fingerprint density at radius 2 is 2.07 bits per heavy atom. The number of nitriles is 1. The van der Waals surface area contributed by atoms with Crippen molar-refractivity contribution in [2.24, 2.45) is 0 Å². The highest BCUT2D eigenvalue weighted by Crippen LogP contribution is 2.33. The number of ether oxygens (including phenoxy) is 2. The van der Waals surface area contributed by atoms with E-state index in [9.17, 15) is 4.79 Å². The van der Waals surface area contributed by atoms with E-state index in [0.717, 1.165) is 30.0 Å². The molecule has 0 bridgehead atoms. The first-order valence-electron chi connectivity index (χ1n) is 9.36. The van der Waals surface area contributed by atoms with E-state index in [1.165, 1.54) is 0 Å². The van der Waals surface area contributed by atoms with Crippen LogP contribution in [0, 0.1) is 11.3 Å². The lowest BCUT2D eigenvalue weighted by Gasteiger charge is -2.16. The molecular weight excluding hydrogens is 368 g/mol. The molecule has 2 heterocycles. The molecule has 7 nitrogen and oxygen atoms in total. The molecule has 0 saturated carbocycles. The van der Waals surface area contributed by atoms with Crippen LogP contribution in [-0.2, 0) is 4.79 Å². The van der Waals surface area contributed by atoms with Crippen LogP contribution >= 0.6 is 0 Å². The van der Waals surface area contributed by atoms with Crippen molar-refractivity contribution in [1.82, 2.24) is 15.1 Å². The second kappa shape index (κ2) is 8.07. The van der Waals surface area contributed by atoms with Crippen LogP contribution in [0.4, 0.5) is 0 Å². The fraction of sp³-hybridized carbons (Fsp3) is 0.227. The first-order valence-corrected chi connectivity index (χ1v) is 9.36. The van der Waals surface area contributed by atoms with Gasteiger partial charge in [0.2, 0.25) is 5.91 Å². The first kappa shape index (κ1) is 18.6. The number of benzene rings is 2. The Bertz CT molecular complexity index is 1050. The minimum Gasteiger partial charge on any atom is -0.488 e. The standard InChI is InChI=1S/C22H20N4O3/c1-15(27)26-10-9-20(14-26)28-19-4-2-3-17(11-19)22-21(13-24-25-22)29-18-7-5-16(12-23)6-8-18/h2-8,11,13,20H,9-10,14H2,1H3,(H,24,25). The summed E-state index contributed by atoms with van der Waals surface area (Å²) in [7, 11) is 0. The van der Waals surface area contributed by atoms with Crippen LogP contribution in [0.15, 0.2) is 54.7 Å². The average Bonchev–Trinajstić information content (AvgIpc) is 3.38. The van der Waals surface area contributed by atoms with Gasteiger partial charge in [-0.25, -0.2) is 0 Å². The van der Waals surface area contributed by atoms with Gasteiger partial charge in [0.1, 0.15) is 23.3 Å². The maximum atomic E-state index is 11.5. The van der Waals surface area contributed by atoms with Crippen LogP contribution in [0.3, 0.4) is 0 Å². The highest BCUT2D eigenvalue weighted by molar-refractivity contribution is 5.73. The number of nitrogens with zero attached hydrogens (tertiary/aromatic N) is 3. The van der Waals surface area contributed by atoms with E-state index in [1.54, 1.807) is 42.3 Å². The summed E-state index contributed by atoms with van der Waals surface area (Å²) in [4.78, 5) is 13.3. The fourth-order valence-corrected chi connectivity index (χ4v) is 3.31. The van der Waals surface area contributed by atoms with Gasteiger partial charge in [-0.15, -0.1) is 0 Å². The third-order valence-electron chi connectivity index (χ3n) is 4.83. The van der Waals surface area contributed by atoms with Gasteiger partial charge in [0.25, 0.3) is 0 Å². The van der Waals surface area contributed by atoms with Crippen molar-refractivity contribution in [3.63, 3.8) is 0 Å². The smallest absolute Gasteiger partial charge is 0.219 e. The Morgan fingerprint density at radius 1 is 1.24 bits per heavy atom. The van der Waals surface area contributed by atoms with Gasteiger partial charge in [-0.1, -0.05) is 12.1 Å². The maximum Gasteiger partial charge on any atom is 0.219 e. The largest absolute Gasteiger partial charge is 0.488 e. The molecule has 7 heteroatoms. The van der Waals surface area contributed by atoms with Crippen LogP contribution in [0.5, 0.6) is 17.2 Å². The summed E-state index contributed by atoms with van der Waals surface area (Å²) in [5.41, 5.74) is 2.19. The predicted octanol–water partition coefficient (Wildman–Crippen LogP) is 3.74. The summed E-state index contributed by atoms with van der Waals surface area (Å²) in [6.07, 6.45) is 2.43. The lowest BCUT2D eigenvalue weighted by atomic mass is 10.1. The van der Waals surface area contributed by atoms with E-state index in [-0.39, 0.29) is 12.0 Å². The average molecular weight is 388 g/mol. The monoisotopic (exact) mass is 388 g/mol. The Hall–Kier alpha value is -3.79. The van der Waals surface area contributed by atoms with Gasteiger partial charge in [-0.3, -0.25) is 9.89 Å². The SMILES string of the molecule is CC(=O)N1CCC(Oc2cccc(-c3[nH]ncc3Oc3ccc(C#N)cc3)c2)C1. The van der Waals surface area contributed by atoms with Crippen molar-refractivity contribution >= 4 is 5.91 Å². The molecule has 1 unspecified atom stereocenters. The van der Waals surface area contributed by atoms with Crippen LogP contribution in [0.25, 0.3) is 11.3 Å². The van der Waals surface area contributed by atoms with Crippen molar-refractivity contribution in [2.75, 3.05) is 13.1 Å². The van der Waals surface area contributed by atoms with E-state index in [1.807, 2.05) is 24.3 Å². The molecule has 0 aliphatic carbocycles. The number of aromatic nitrogens is 2. The third kappa shape index (κ3) is 4.22. The van der Waals surface area contributed by atoms with E-state index >= 15 is 0 Å². The summed E-state index contributed by atoms with van der Waals surface area (Å²) in [5.74, 6) is 2.01. The molecule has 146 valence electrons. The fourth-order valence-electron chi connectivity index (χ4n) is 3.31. The Balaban J connectivity index is 1.49. The van der Waals surface area contributed by atoms with Gasteiger partial charge in [-0.2, -0.15) is 10.4 Å². The summed E-state index contributed by atoms with van der Waals surface area (Å²) >= 11 is 0. The number of aromatic amines is 1. The zero-order valence-corrected chi connectivity index (χ0v) is 16.0. The second-order valence-corrected chi connectivity index (χ2v) is 6.87. The zero-order valence-electron chi connectivity index (χ0n) is 16.0. The Labute approximate surface area is 168 Å². The van der Waals surface area contributed by atoms with Crippen molar-refractivity contribution in [2.45, 2.75) is 19.4 Å². The number of hydrogen-bond donors (Lipinski definition) is 1. The topological polar surface area (TPSA) is 91.2 Å². The van der Waals surface area contributed by atoms with Crippen LogP contribution in [0.2, 0.25) is 0 Å². The number of nitrogens with one attached hydrogen (secondary N) is 1. The van der Waals surface area contributed by atoms with Crippen molar-refractivity contribution in [1.29, 1.82) is 5.26 Å². The minimum absolute atomic E-state index is 0.00899. The molecule has 1 aliphatic heterocycles. The second-order valence-electron chi connectivity index (χ2n) is 6.87. The quantitative estimate of drug-likeness (QED) is 0.719. The molecule has 1 aromatic heterocycles. The van der Waals surface area contributed by atoms with E-state index in [0.29, 0.717) is 23.6 Å². The molecule has 1 saturated heterocycles. The van der Waals surface area contributed by atoms with E-state index < -0.39 is 0 Å². The van der Waals surface area contributed by atoms with E-state index in [2.05, 4.69) is 16.3 Å². The van der Waals surface area contributed by atoms with Crippen LogP contribution in [0.1, 0.15) is 18.9 Å². The molecule has 1 fully saturated rings. The van der Waals surface area contributed by atoms with E-state index in [4.69, 9.17) is 14.7 Å². The zero-order chi connectivity index (χ0) is 20.2. The highest BCUT2D eigenvalue weighted by Gasteiger charge is 2.25. The summed E-state index contributed by atoms with van der Waals surface area (Å²) < 4.78 is 12.0. The number of carbonyl (C=O) groups excluding carboxylic acids is 1. The number of hydrogen-bond acceptors (Lipinski definition) is 5. The maximum absolute atomic E-state index is 11.5. The summed E-state index contributed by atoms with van der Waals surface area (Å²) in [6.45, 7) is 2.91. The minimum atomic E-state index is -0.00899. The molecular formula is C22H20N4O3. The molecule has 0 spiro atoms. The molecule has 1 aliphatic rings. The van der Waals surface area contributed by atoms with Crippen molar-refractivity contribution < 1.29 is 14.3 Å². The number of H-pyrrole nitrogens is 1. The lowest BCUT2D eigenvalue weighted by molar-refractivity contribution is -0.128. The molecule has 4 rings (SSSR count). The first-order chi connectivity index (χ1) is 14.1. The van der Waals surface area contributed by atoms with Gasteiger partial charge >= 0.3 is 0 Å². The van der Waals surface area contributed by atoms with Crippen molar-refractivity contribution in [3.05, 3.63) is 60.3 Å². The molecule has 2 aromatic carbocycles. The van der Waals surface area contributed by atoms with Crippen LogP contribution in [-0.4, -0.2) is 40.2 Å². The molecule has 0 radical (unpaired) electrons.